The van der Waals surface area contributed by atoms with Crippen LogP contribution < -0.4 is 5.73 Å². The van der Waals surface area contributed by atoms with Crippen molar-refractivity contribution in [2.45, 2.75) is 0 Å². The van der Waals surface area contributed by atoms with Gasteiger partial charge in [0.2, 0.25) is 0 Å². The van der Waals surface area contributed by atoms with Crippen LogP contribution in [-0.2, 0) is 7.05 Å². The van der Waals surface area contributed by atoms with Gasteiger partial charge in [-0.05, 0) is 17.7 Å². The molecule has 3 heterocycles. The molecule has 0 aliphatic rings. The Balaban J connectivity index is 2.17. The molecule has 0 radical (unpaired) electrons. The third-order valence-electron chi connectivity index (χ3n) is 2.80. The Labute approximate surface area is 118 Å². The Morgan fingerprint density at radius 3 is 2.75 bits per heavy atom. The van der Waals surface area contributed by atoms with E-state index in [-0.39, 0.29) is 5.69 Å². The minimum atomic E-state index is -0.554. The molecule has 0 saturated carbocycles. The van der Waals surface area contributed by atoms with Gasteiger partial charge in [0.25, 0.3) is 5.91 Å². The third-order valence-corrected chi connectivity index (χ3v) is 3.60. The van der Waals surface area contributed by atoms with Gasteiger partial charge in [0.05, 0.1) is 22.3 Å². The number of thiazole rings is 1. The summed E-state index contributed by atoms with van der Waals surface area (Å²) < 4.78 is 1.70. The summed E-state index contributed by atoms with van der Waals surface area (Å²) in [6, 6.07) is 3.57. The number of pyridine rings is 1. The average molecular weight is 285 g/mol. The second-order valence-corrected chi connectivity index (χ2v) is 5.15. The van der Waals surface area contributed by atoms with Crippen molar-refractivity contribution in [2.24, 2.45) is 12.8 Å². The summed E-state index contributed by atoms with van der Waals surface area (Å²) >= 11 is 1.46. The quantitative estimate of drug-likeness (QED) is 0.793. The Hall–Kier alpha value is -2.54. The number of nitrogens with zero attached hydrogens (tertiary/aromatic N) is 4. The molecule has 0 saturated heterocycles. The SMILES string of the molecule is Cn1cc(-c2cc(C(N)=O)nc(-c3cncs3)c2)cn1. The highest BCUT2D eigenvalue weighted by atomic mass is 32.1. The second kappa shape index (κ2) is 4.86. The van der Waals surface area contributed by atoms with E-state index in [4.69, 9.17) is 5.73 Å². The van der Waals surface area contributed by atoms with Crippen LogP contribution >= 0.6 is 11.3 Å². The molecule has 3 aromatic rings. The molecule has 7 heteroatoms. The first-order valence-corrected chi connectivity index (χ1v) is 6.71. The first-order valence-electron chi connectivity index (χ1n) is 5.83. The number of carbonyl (C=O) groups excluding carboxylic acids is 1. The van der Waals surface area contributed by atoms with Crippen LogP contribution in [-0.4, -0.2) is 25.7 Å². The molecular weight excluding hydrogens is 274 g/mol. The summed E-state index contributed by atoms with van der Waals surface area (Å²) in [5, 5.41) is 4.13. The van der Waals surface area contributed by atoms with Crippen molar-refractivity contribution in [3.05, 3.63) is 41.9 Å². The maximum Gasteiger partial charge on any atom is 0.267 e. The van der Waals surface area contributed by atoms with E-state index in [2.05, 4.69) is 15.1 Å². The van der Waals surface area contributed by atoms with E-state index in [1.165, 1.54) is 11.3 Å². The highest BCUT2D eigenvalue weighted by Gasteiger charge is 2.12. The van der Waals surface area contributed by atoms with Crippen molar-refractivity contribution in [3.63, 3.8) is 0 Å². The zero-order chi connectivity index (χ0) is 14.1. The third kappa shape index (κ3) is 2.30. The molecule has 0 atom stereocenters. The Bertz CT molecular complexity index is 763. The molecule has 1 amide bonds. The summed E-state index contributed by atoms with van der Waals surface area (Å²) in [4.78, 5) is 20.6. The van der Waals surface area contributed by atoms with Crippen molar-refractivity contribution < 1.29 is 4.79 Å². The molecule has 0 bridgehead atoms. The van der Waals surface area contributed by atoms with Gasteiger partial charge < -0.3 is 5.73 Å². The topological polar surface area (TPSA) is 86.7 Å². The van der Waals surface area contributed by atoms with E-state index >= 15 is 0 Å². The molecule has 2 N–H and O–H groups in total. The minimum Gasteiger partial charge on any atom is -0.364 e. The lowest BCUT2D eigenvalue weighted by molar-refractivity contribution is 0.0995. The summed E-state index contributed by atoms with van der Waals surface area (Å²) in [5.74, 6) is -0.554. The van der Waals surface area contributed by atoms with E-state index < -0.39 is 5.91 Å². The first-order chi connectivity index (χ1) is 9.63. The summed E-state index contributed by atoms with van der Waals surface area (Å²) in [6.45, 7) is 0. The van der Waals surface area contributed by atoms with Crippen LogP contribution in [0.5, 0.6) is 0 Å². The molecule has 0 fully saturated rings. The highest BCUT2D eigenvalue weighted by molar-refractivity contribution is 7.13. The summed E-state index contributed by atoms with van der Waals surface area (Å²) in [7, 11) is 1.84. The van der Waals surface area contributed by atoms with Gasteiger partial charge in [-0.3, -0.25) is 14.5 Å². The normalized spacial score (nSPS) is 10.7. The molecule has 0 unspecified atom stereocenters. The smallest absolute Gasteiger partial charge is 0.267 e. The lowest BCUT2D eigenvalue weighted by Gasteiger charge is -2.04. The highest BCUT2D eigenvalue weighted by Crippen LogP contribution is 2.27. The number of hydrogen-bond acceptors (Lipinski definition) is 5. The van der Waals surface area contributed by atoms with Crippen LogP contribution in [0.25, 0.3) is 21.7 Å². The van der Waals surface area contributed by atoms with Crippen LogP contribution in [0.15, 0.2) is 36.2 Å². The van der Waals surface area contributed by atoms with Gasteiger partial charge in [-0.2, -0.15) is 5.10 Å². The molecule has 0 aliphatic carbocycles. The molecule has 3 aromatic heterocycles. The van der Waals surface area contributed by atoms with Crippen LogP contribution in [0.2, 0.25) is 0 Å². The lowest BCUT2D eigenvalue weighted by Crippen LogP contribution is -2.13. The summed E-state index contributed by atoms with van der Waals surface area (Å²) in [5.41, 5.74) is 9.75. The van der Waals surface area contributed by atoms with Gasteiger partial charge in [-0.15, -0.1) is 11.3 Å². The van der Waals surface area contributed by atoms with Crippen LogP contribution in [0, 0.1) is 0 Å². The number of aryl methyl sites for hydroxylation is 1. The standard InChI is InChI=1S/C13H11N5OS/c1-18-6-9(4-16-18)8-2-10(12-5-15-7-20-12)17-11(3-8)13(14)19/h2-7H,1H3,(H2,14,19). The molecule has 6 nitrogen and oxygen atoms in total. The molecule has 100 valence electrons. The zero-order valence-electron chi connectivity index (χ0n) is 10.6. The maximum absolute atomic E-state index is 11.4. The zero-order valence-corrected chi connectivity index (χ0v) is 11.5. The number of hydrogen-bond donors (Lipinski definition) is 1. The van der Waals surface area contributed by atoms with Crippen molar-refractivity contribution >= 4 is 17.2 Å². The van der Waals surface area contributed by atoms with E-state index in [0.29, 0.717) is 5.69 Å². The van der Waals surface area contributed by atoms with Crippen LogP contribution in [0.1, 0.15) is 10.5 Å². The van der Waals surface area contributed by atoms with E-state index in [0.717, 1.165) is 16.0 Å². The largest absolute Gasteiger partial charge is 0.364 e. The predicted octanol–water partition coefficient (Wildman–Crippen LogP) is 1.70. The molecule has 0 aromatic carbocycles. The van der Waals surface area contributed by atoms with Crippen molar-refractivity contribution in [2.75, 3.05) is 0 Å². The molecule has 0 spiro atoms. The fourth-order valence-electron chi connectivity index (χ4n) is 1.86. The second-order valence-electron chi connectivity index (χ2n) is 4.26. The molecular formula is C13H11N5OS. The number of primary amides is 1. The first kappa shape index (κ1) is 12.5. The summed E-state index contributed by atoms with van der Waals surface area (Å²) in [6.07, 6.45) is 5.32. The molecule has 0 aliphatic heterocycles. The van der Waals surface area contributed by atoms with E-state index in [9.17, 15) is 4.79 Å². The van der Waals surface area contributed by atoms with Gasteiger partial charge in [0.15, 0.2) is 0 Å². The van der Waals surface area contributed by atoms with Crippen molar-refractivity contribution in [3.8, 4) is 21.7 Å². The monoisotopic (exact) mass is 285 g/mol. The Morgan fingerprint density at radius 1 is 1.30 bits per heavy atom. The maximum atomic E-state index is 11.4. The number of aromatic nitrogens is 4. The van der Waals surface area contributed by atoms with Crippen LogP contribution in [0.3, 0.4) is 0 Å². The number of nitrogens with two attached hydrogens (primary N) is 1. The number of carbonyl (C=O) groups is 1. The van der Waals surface area contributed by atoms with Gasteiger partial charge >= 0.3 is 0 Å². The molecule has 20 heavy (non-hydrogen) atoms. The van der Waals surface area contributed by atoms with E-state index in [1.54, 1.807) is 28.7 Å². The van der Waals surface area contributed by atoms with Crippen molar-refractivity contribution in [1.82, 2.24) is 19.7 Å². The fourth-order valence-corrected chi connectivity index (χ4v) is 2.44. The van der Waals surface area contributed by atoms with Crippen molar-refractivity contribution in [1.29, 1.82) is 0 Å². The fraction of sp³-hybridized carbons (Fsp3) is 0.0769. The Morgan fingerprint density at radius 2 is 2.15 bits per heavy atom. The number of rotatable bonds is 3. The molecule has 3 rings (SSSR count). The number of amides is 1. The average Bonchev–Trinajstić information content (AvgIpc) is 3.09. The van der Waals surface area contributed by atoms with Gasteiger partial charge in [0, 0.05) is 25.0 Å². The predicted molar refractivity (Wildman–Crippen MR) is 76.1 cm³/mol. The Kier molecular flexibility index (Phi) is 3.03. The van der Waals surface area contributed by atoms with Gasteiger partial charge in [0.1, 0.15) is 5.69 Å². The van der Waals surface area contributed by atoms with E-state index in [1.807, 2.05) is 19.3 Å². The van der Waals surface area contributed by atoms with Crippen LogP contribution in [0.4, 0.5) is 0 Å². The minimum absolute atomic E-state index is 0.231. The van der Waals surface area contributed by atoms with Gasteiger partial charge in [-0.25, -0.2) is 4.98 Å². The van der Waals surface area contributed by atoms with Gasteiger partial charge in [-0.1, -0.05) is 0 Å². The lowest BCUT2D eigenvalue weighted by atomic mass is 10.1.